The number of methoxy groups -OCH3 is 1. The highest BCUT2D eigenvalue weighted by molar-refractivity contribution is 9.10. The number of nitrogens with one attached hydrogen (secondary N) is 1. The maximum atomic E-state index is 8.13. The van der Waals surface area contributed by atoms with Gasteiger partial charge in [-0.1, -0.05) is 28.1 Å². The van der Waals surface area contributed by atoms with E-state index in [2.05, 4.69) is 15.9 Å². The molecule has 0 unspecified atom stereocenters. The van der Waals surface area contributed by atoms with Gasteiger partial charge in [0, 0.05) is 15.6 Å². The Balaban J connectivity index is 2.30. The van der Waals surface area contributed by atoms with Crippen LogP contribution in [0.3, 0.4) is 0 Å². The third kappa shape index (κ3) is 2.74. The normalized spacial score (nSPS) is 10.0. The van der Waals surface area contributed by atoms with Crippen molar-refractivity contribution >= 4 is 21.6 Å². The first-order valence-corrected chi connectivity index (χ1v) is 5.99. The first kappa shape index (κ1) is 11.9. The highest BCUT2D eigenvalue weighted by Crippen LogP contribution is 2.17. The minimum Gasteiger partial charge on any atom is -0.497 e. The Kier molecular flexibility index (Phi) is 3.59. The molecule has 0 aliphatic heterocycles. The number of rotatable bonds is 3. The highest BCUT2D eigenvalue weighted by atomic mass is 79.9. The predicted molar refractivity (Wildman–Crippen MR) is 73.1 cm³/mol. The Hall–Kier alpha value is -1.61. The number of benzene rings is 2. The van der Waals surface area contributed by atoms with Crippen LogP contribution in [0.15, 0.2) is 53.0 Å². The number of halogens is 1. The summed E-state index contributed by atoms with van der Waals surface area (Å²) >= 11 is 3.41. The van der Waals surface area contributed by atoms with Crippen molar-refractivity contribution in [2.75, 3.05) is 7.11 Å². The van der Waals surface area contributed by atoms with E-state index in [9.17, 15) is 0 Å². The largest absolute Gasteiger partial charge is 0.497 e. The summed E-state index contributed by atoms with van der Waals surface area (Å²) in [6.45, 7) is 0. The molecule has 3 heteroatoms. The lowest BCUT2D eigenvalue weighted by atomic mass is 10.0. The molecular formula is C14H12BrNO. The number of hydrogen-bond donors (Lipinski definition) is 1. The average molecular weight is 290 g/mol. The molecule has 1 N–H and O–H groups in total. The van der Waals surface area contributed by atoms with Gasteiger partial charge in [-0.15, -0.1) is 0 Å². The summed E-state index contributed by atoms with van der Waals surface area (Å²) in [6, 6.07) is 15.3. The fourth-order valence-electron chi connectivity index (χ4n) is 1.57. The summed E-state index contributed by atoms with van der Waals surface area (Å²) in [5.41, 5.74) is 2.28. The first-order valence-electron chi connectivity index (χ1n) is 5.19. The van der Waals surface area contributed by atoms with Crippen molar-refractivity contribution < 1.29 is 4.74 Å². The van der Waals surface area contributed by atoms with Gasteiger partial charge in [0.05, 0.1) is 12.8 Å². The van der Waals surface area contributed by atoms with Gasteiger partial charge >= 0.3 is 0 Å². The van der Waals surface area contributed by atoms with Crippen LogP contribution in [0.1, 0.15) is 11.1 Å². The molecule has 0 atom stereocenters. The van der Waals surface area contributed by atoms with E-state index >= 15 is 0 Å². The molecule has 2 aromatic rings. The maximum absolute atomic E-state index is 8.13. The molecule has 0 heterocycles. The van der Waals surface area contributed by atoms with Gasteiger partial charge in [-0.2, -0.15) is 0 Å². The van der Waals surface area contributed by atoms with Crippen LogP contribution < -0.4 is 4.74 Å². The first-order chi connectivity index (χ1) is 8.20. The lowest BCUT2D eigenvalue weighted by Crippen LogP contribution is -2.00. The van der Waals surface area contributed by atoms with Gasteiger partial charge in [0.2, 0.25) is 0 Å². The molecule has 0 aliphatic carbocycles. The van der Waals surface area contributed by atoms with Gasteiger partial charge in [-0.3, -0.25) is 5.41 Å². The molecular weight excluding hydrogens is 278 g/mol. The van der Waals surface area contributed by atoms with Crippen molar-refractivity contribution in [1.29, 1.82) is 5.41 Å². The number of hydrogen-bond acceptors (Lipinski definition) is 2. The minimum absolute atomic E-state index is 0.508. The van der Waals surface area contributed by atoms with E-state index in [0.29, 0.717) is 5.71 Å². The van der Waals surface area contributed by atoms with E-state index in [1.54, 1.807) is 7.11 Å². The van der Waals surface area contributed by atoms with Crippen LogP contribution in [0, 0.1) is 5.41 Å². The molecule has 86 valence electrons. The van der Waals surface area contributed by atoms with E-state index in [4.69, 9.17) is 10.1 Å². The second kappa shape index (κ2) is 5.15. The molecule has 2 rings (SSSR count). The van der Waals surface area contributed by atoms with Crippen molar-refractivity contribution in [1.82, 2.24) is 0 Å². The minimum atomic E-state index is 0.508. The van der Waals surface area contributed by atoms with E-state index in [1.165, 1.54) is 0 Å². The SMILES string of the molecule is COc1ccc(C(=N)c2cccc(Br)c2)cc1. The van der Waals surface area contributed by atoms with Crippen molar-refractivity contribution in [3.05, 3.63) is 64.1 Å². The summed E-state index contributed by atoms with van der Waals surface area (Å²) in [6.07, 6.45) is 0. The summed E-state index contributed by atoms with van der Waals surface area (Å²) in [5, 5.41) is 8.13. The molecule has 0 spiro atoms. The molecule has 0 saturated heterocycles. The molecule has 17 heavy (non-hydrogen) atoms. The summed E-state index contributed by atoms with van der Waals surface area (Å²) in [5.74, 6) is 0.802. The van der Waals surface area contributed by atoms with Crippen LogP contribution in [-0.4, -0.2) is 12.8 Å². The number of ether oxygens (including phenoxy) is 1. The van der Waals surface area contributed by atoms with E-state index in [1.807, 2.05) is 48.5 Å². The molecule has 0 aliphatic rings. The van der Waals surface area contributed by atoms with Gasteiger partial charge < -0.3 is 4.74 Å². The van der Waals surface area contributed by atoms with Crippen LogP contribution in [0.5, 0.6) is 5.75 Å². The summed E-state index contributed by atoms with van der Waals surface area (Å²) in [4.78, 5) is 0. The van der Waals surface area contributed by atoms with Gasteiger partial charge in [0.15, 0.2) is 0 Å². The average Bonchev–Trinajstić information content (AvgIpc) is 2.38. The fourth-order valence-corrected chi connectivity index (χ4v) is 1.97. The molecule has 2 aromatic carbocycles. The van der Waals surface area contributed by atoms with E-state index in [0.717, 1.165) is 21.3 Å². The highest BCUT2D eigenvalue weighted by Gasteiger charge is 2.05. The fraction of sp³-hybridized carbons (Fsp3) is 0.0714. The molecule has 0 saturated carbocycles. The van der Waals surface area contributed by atoms with Crippen LogP contribution >= 0.6 is 15.9 Å². The van der Waals surface area contributed by atoms with Crippen molar-refractivity contribution in [2.24, 2.45) is 0 Å². The Morgan fingerprint density at radius 1 is 1.06 bits per heavy atom. The standard InChI is InChI=1S/C14H12BrNO/c1-17-13-7-5-10(6-8-13)14(16)11-3-2-4-12(15)9-11/h2-9,16H,1H3. The Labute approximate surface area is 109 Å². The van der Waals surface area contributed by atoms with Crippen LogP contribution in [0.25, 0.3) is 0 Å². The quantitative estimate of drug-likeness (QED) is 0.855. The smallest absolute Gasteiger partial charge is 0.118 e. The zero-order valence-corrected chi connectivity index (χ0v) is 11.0. The summed E-state index contributed by atoms with van der Waals surface area (Å²) < 4.78 is 6.08. The third-order valence-electron chi connectivity index (χ3n) is 2.49. The third-order valence-corrected chi connectivity index (χ3v) is 2.99. The monoisotopic (exact) mass is 289 g/mol. The van der Waals surface area contributed by atoms with E-state index in [-0.39, 0.29) is 0 Å². The van der Waals surface area contributed by atoms with Gasteiger partial charge in [-0.05, 0) is 36.4 Å². The molecule has 0 fully saturated rings. The molecule has 2 nitrogen and oxygen atoms in total. The Bertz CT molecular complexity index is 534. The second-order valence-corrected chi connectivity index (χ2v) is 4.53. The Morgan fingerprint density at radius 2 is 1.76 bits per heavy atom. The van der Waals surface area contributed by atoms with Gasteiger partial charge in [-0.25, -0.2) is 0 Å². The van der Waals surface area contributed by atoms with E-state index < -0.39 is 0 Å². The van der Waals surface area contributed by atoms with Gasteiger partial charge in [0.25, 0.3) is 0 Å². The van der Waals surface area contributed by atoms with Crippen LogP contribution in [-0.2, 0) is 0 Å². The van der Waals surface area contributed by atoms with Crippen LogP contribution in [0.4, 0.5) is 0 Å². The molecule has 0 radical (unpaired) electrons. The Morgan fingerprint density at radius 3 is 2.35 bits per heavy atom. The van der Waals surface area contributed by atoms with Crippen LogP contribution in [0.2, 0.25) is 0 Å². The zero-order chi connectivity index (χ0) is 12.3. The lowest BCUT2D eigenvalue weighted by molar-refractivity contribution is 0.415. The molecule has 0 amide bonds. The van der Waals surface area contributed by atoms with Crippen molar-refractivity contribution in [3.63, 3.8) is 0 Å². The zero-order valence-electron chi connectivity index (χ0n) is 9.41. The molecule has 0 aromatic heterocycles. The summed E-state index contributed by atoms with van der Waals surface area (Å²) in [7, 11) is 1.63. The van der Waals surface area contributed by atoms with Gasteiger partial charge in [0.1, 0.15) is 5.75 Å². The van der Waals surface area contributed by atoms with Crippen molar-refractivity contribution in [2.45, 2.75) is 0 Å². The molecule has 0 bridgehead atoms. The topological polar surface area (TPSA) is 33.1 Å². The lowest BCUT2D eigenvalue weighted by Gasteiger charge is -2.06. The van der Waals surface area contributed by atoms with Crippen molar-refractivity contribution in [3.8, 4) is 5.75 Å². The predicted octanol–water partition coefficient (Wildman–Crippen LogP) is 3.87. The second-order valence-electron chi connectivity index (χ2n) is 3.61. The maximum Gasteiger partial charge on any atom is 0.118 e.